The van der Waals surface area contributed by atoms with Crippen LogP contribution in [0.4, 0.5) is 0 Å². The van der Waals surface area contributed by atoms with Gasteiger partial charge in [0.25, 0.3) is 0 Å². The fourth-order valence-electron chi connectivity index (χ4n) is 0.805. The first-order chi connectivity index (χ1) is 6.43. The van der Waals surface area contributed by atoms with Crippen LogP contribution in [0.2, 0.25) is 0 Å². The molecule has 0 N–H and O–H groups in total. The number of hydrogen-bond donors (Lipinski definition) is 0. The van der Waals surface area contributed by atoms with Crippen LogP contribution in [0.3, 0.4) is 0 Å². The Morgan fingerprint density at radius 3 is 2.46 bits per heavy atom. The molecule has 0 saturated heterocycles. The van der Waals surface area contributed by atoms with E-state index in [-0.39, 0.29) is 0 Å². The van der Waals surface area contributed by atoms with Crippen LogP contribution < -0.4 is 0 Å². The summed E-state index contributed by atoms with van der Waals surface area (Å²) in [5.74, 6) is 0. The molecule has 0 heterocycles. The Morgan fingerprint density at radius 1 is 1.00 bits per heavy atom. The first-order valence-corrected chi connectivity index (χ1v) is 4.97. The normalized spacial score (nSPS) is 11.1. The molecule has 0 aliphatic heterocycles. The Hall–Kier alpha value is -1.21. The van der Waals surface area contributed by atoms with Crippen LogP contribution in [0, 0.1) is 0 Å². The Bertz CT molecular complexity index is 296. The molecule has 13 heavy (non-hydrogen) atoms. The van der Waals surface area contributed by atoms with E-state index in [1.165, 1.54) is 4.90 Å². The topological polar surface area (TPSA) is 0 Å². The lowest BCUT2D eigenvalue weighted by Crippen LogP contribution is -1.63. The third kappa shape index (κ3) is 4.38. The van der Waals surface area contributed by atoms with Crippen molar-refractivity contribution in [3.8, 4) is 0 Å². The van der Waals surface area contributed by atoms with E-state index in [4.69, 9.17) is 0 Å². The summed E-state index contributed by atoms with van der Waals surface area (Å²) in [4.78, 5) is 1.26. The molecule has 0 amide bonds. The molecular formula is C12H12S. The van der Waals surface area contributed by atoms with Gasteiger partial charge in [-0.3, -0.25) is 0 Å². The summed E-state index contributed by atoms with van der Waals surface area (Å²) < 4.78 is 0. The van der Waals surface area contributed by atoms with Crippen molar-refractivity contribution in [3.05, 3.63) is 66.6 Å². The molecule has 0 spiro atoms. The molecule has 0 bridgehead atoms. The van der Waals surface area contributed by atoms with Gasteiger partial charge in [-0.25, -0.2) is 0 Å². The lowest BCUT2D eigenvalue weighted by molar-refractivity contribution is 1.47. The minimum atomic E-state index is 1.26. The molecule has 1 aromatic rings. The molecule has 0 aromatic heterocycles. The molecular weight excluding hydrogens is 176 g/mol. The Morgan fingerprint density at radius 2 is 1.77 bits per heavy atom. The van der Waals surface area contributed by atoms with Crippen LogP contribution in [-0.2, 0) is 0 Å². The molecule has 0 fully saturated rings. The van der Waals surface area contributed by atoms with Crippen molar-refractivity contribution in [2.45, 2.75) is 4.90 Å². The minimum Gasteiger partial charge on any atom is -0.0991 e. The Balaban J connectivity index is 2.39. The summed E-state index contributed by atoms with van der Waals surface area (Å²) in [6, 6.07) is 10.3. The lowest BCUT2D eigenvalue weighted by atomic mass is 10.4. The molecule has 66 valence electrons. The average Bonchev–Trinajstić information content (AvgIpc) is 2.19. The third-order valence-electron chi connectivity index (χ3n) is 1.38. The third-order valence-corrected chi connectivity index (χ3v) is 2.22. The fraction of sp³-hybridized carbons (Fsp3) is 0. The van der Waals surface area contributed by atoms with Crippen molar-refractivity contribution >= 4 is 11.8 Å². The van der Waals surface area contributed by atoms with E-state index in [1.807, 2.05) is 36.4 Å². The quantitative estimate of drug-likeness (QED) is 0.507. The molecule has 0 atom stereocenters. The number of benzene rings is 1. The molecule has 0 radical (unpaired) electrons. The summed E-state index contributed by atoms with van der Waals surface area (Å²) in [6.07, 6.45) is 7.63. The van der Waals surface area contributed by atoms with Gasteiger partial charge in [-0.2, -0.15) is 0 Å². The summed E-state index contributed by atoms with van der Waals surface area (Å²) in [5, 5.41) is 2.05. The van der Waals surface area contributed by atoms with Gasteiger partial charge >= 0.3 is 0 Å². The van der Waals surface area contributed by atoms with Crippen LogP contribution >= 0.6 is 11.8 Å². The standard InChI is InChI=1S/C12H12S/c1-2-3-4-8-11-13-12-9-6-5-7-10-12/h2-11H,1H2/b4-3-,11-8+. The lowest BCUT2D eigenvalue weighted by Gasteiger charge is -1.91. The van der Waals surface area contributed by atoms with E-state index in [1.54, 1.807) is 17.8 Å². The van der Waals surface area contributed by atoms with E-state index in [9.17, 15) is 0 Å². The zero-order valence-electron chi connectivity index (χ0n) is 7.39. The van der Waals surface area contributed by atoms with Crippen LogP contribution in [0.5, 0.6) is 0 Å². The first kappa shape index (κ1) is 9.87. The minimum absolute atomic E-state index is 1.26. The molecule has 0 aliphatic carbocycles. The zero-order valence-corrected chi connectivity index (χ0v) is 8.21. The molecule has 1 heteroatoms. The van der Waals surface area contributed by atoms with Crippen LogP contribution in [0.15, 0.2) is 71.5 Å². The second kappa shape index (κ2) is 6.32. The maximum absolute atomic E-state index is 3.59. The van der Waals surface area contributed by atoms with Gasteiger partial charge in [0.05, 0.1) is 0 Å². The van der Waals surface area contributed by atoms with Gasteiger partial charge in [0.15, 0.2) is 0 Å². The van der Waals surface area contributed by atoms with E-state index >= 15 is 0 Å². The highest BCUT2D eigenvalue weighted by Crippen LogP contribution is 2.17. The van der Waals surface area contributed by atoms with E-state index in [2.05, 4.69) is 24.1 Å². The van der Waals surface area contributed by atoms with Crippen molar-refractivity contribution in [2.24, 2.45) is 0 Å². The first-order valence-electron chi connectivity index (χ1n) is 4.09. The predicted molar refractivity (Wildman–Crippen MR) is 60.8 cm³/mol. The predicted octanol–water partition coefficient (Wildman–Crippen LogP) is 4.03. The highest BCUT2D eigenvalue weighted by molar-refractivity contribution is 8.02. The SMILES string of the molecule is C=C/C=C\C=C\Sc1ccccc1. The zero-order chi connectivity index (χ0) is 9.36. The summed E-state index contributed by atoms with van der Waals surface area (Å²) in [6.45, 7) is 3.59. The van der Waals surface area contributed by atoms with Crippen molar-refractivity contribution < 1.29 is 0 Å². The van der Waals surface area contributed by atoms with Crippen molar-refractivity contribution in [1.82, 2.24) is 0 Å². The van der Waals surface area contributed by atoms with Gasteiger partial charge in [0.1, 0.15) is 0 Å². The Labute approximate surface area is 83.7 Å². The van der Waals surface area contributed by atoms with Crippen LogP contribution in [0.25, 0.3) is 0 Å². The molecule has 0 aliphatic rings. The highest BCUT2D eigenvalue weighted by Gasteiger charge is 1.84. The molecule has 1 aromatic carbocycles. The van der Waals surface area contributed by atoms with Gasteiger partial charge in [0.2, 0.25) is 0 Å². The van der Waals surface area contributed by atoms with Gasteiger partial charge in [0, 0.05) is 4.90 Å². The maximum Gasteiger partial charge on any atom is 0.0116 e. The molecule has 0 nitrogen and oxygen atoms in total. The molecule has 0 saturated carbocycles. The smallest absolute Gasteiger partial charge is 0.0116 e. The van der Waals surface area contributed by atoms with Crippen LogP contribution in [0.1, 0.15) is 0 Å². The second-order valence-electron chi connectivity index (χ2n) is 2.38. The Kier molecular flexibility index (Phi) is 4.80. The number of rotatable bonds is 4. The van der Waals surface area contributed by atoms with E-state index in [0.29, 0.717) is 0 Å². The second-order valence-corrected chi connectivity index (χ2v) is 3.36. The number of allylic oxidation sites excluding steroid dienone is 4. The van der Waals surface area contributed by atoms with Gasteiger partial charge in [-0.1, -0.05) is 60.8 Å². The van der Waals surface area contributed by atoms with Gasteiger partial charge < -0.3 is 0 Å². The summed E-state index contributed by atoms with van der Waals surface area (Å²) >= 11 is 1.70. The highest BCUT2D eigenvalue weighted by atomic mass is 32.2. The molecule has 1 rings (SSSR count). The van der Waals surface area contributed by atoms with E-state index < -0.39 is 0 Å². The summed E-state index contributed by atoms with van der Waals surface area (Å²) in [7, 11) is 0. The largest absolute Gasteiger partial charge is 0.0991 e. The van der Waals surface area contributed by atoms with Crippen LogP contribution in [-0.4, -0.2) is 0 Å². The molecule has 0 unspecified atom stereocenters. The van der Waals surface area contributed by atoms with Gasteiger partial charge in [-0.05, 0) is 17.5 Å². The number of hydrogen-bond acceptors (Lipinski definition) is 1. The maximum atomic E-state index is 3.59. The van der Waals surface area contributed by atoms with E-state index in [0.717, 1.165) is 0 Å². The monoisotopic (exact) mass is 188 g/mol. The van der Waals surface area contributed by atoms with Crippen molar-refractivity contribution in [1.29, 1.82) is 0 Å². The number of thioether (sulfide) groups is 1. The van der Waals surface area contributed by atoms with Crippen molar-refractivity contribution in [3.63, 3.8) is 0 Å². The summed E-state index contributed by atoms with van der Waals surface area (Å²) in [5.41, 5.74) is 0. The average molecular weight is 188 g/mol. The fourth-order valence-corrected chi connectivity index (χ4v) is 1.45. The van der Waals surface area contributed by atoms with Crippen molar-refractivity contribution in [2.75, 3.05) is 0 Å². The van der Waals surface area contributed by atoms with Gasteiger partial charge in [-0.15, -0.1) is 0 Å².